The summed E-state index contributed by atoms with van der Waals surface area (Å²) >= 11 is 11.8. The van der Waals surface area contributed by atoms with Gasteiger partial charge in [-0.3, -0.25) is 4.68 Å². The van der Waals surface area contributed by atoms with Crippen LogP contribution in [0.2, 0.25) is 5.02 Å². The summed E-state index contributed by atoms with van der Waals surface area (Å²) in [7, 11) is 1.85. The van der Waals surface area contributed by atoms with Gasteiger partial charge in [-0.1, -0.05) is 16.8 Å². The monoisotopic (exact) mass is 259 g/mol. The van der Waals surface area contributed by atoms with Gasteiger partial charge in [0.2, 0.25) is 0 Å². The first-order chi connectivity index (χ1) is 7.61. The Labute approximate surface area is 103 Å². The van der Waals surface area contributed by atoms with Crippen LogP contribution in [-0.2, 0) is 19.5 Å². The van der Waals surface area contributed by atoms with Crippen molar-refractivity contribution in [1.29, 1.82) is 0 Å². The minimum atomic E-state index is 0.359. The van der Waals surface area contributed by atoms with Crippen LogP contribution in [0, 0.1) is 6.92 Å². The van der Waals surface area contributed by atoms with Crippen molar-refractivity contribution >= 4 is 23.2 Å². The number of aromatic nitrogens is 5. The highest BCUT2D eigenvalue weighted by Gasteiger charge is 2.12. The highest BCUT2D eigenvalue weighted by molar-refractivity contribution is 6.31. The largest absolute Gasteiger partial charge is 0.269 e. The van der Waals surface area contributed by atoms with Crippen LogP contribution in [-0.4, -0.2) is 24.8 Å². The molecule has 0 N–H and O–H groups in total. The zero-order valence-corrected chi connectivity index (χ0v) is 10.5. The lowest BCUT2D eigenvalue weighted by Gasteiger charge is -2.01. The molecule has 0 saturated carbocycles. The number of hydrogen-bond donors (Lipinski definition) is 0. The predicted octanol–water partition coefficient (Wildman–Crippen LogP) is 1.76. The first kappa shape index (κ1) is 11.4. The third-order valence-corrected chi connectivity index (χ3v) is 3.06. The molecule has 2 aromatic heterocycles. The predicted molar refractivity (Wildman–Crippen MR) is 61.6 cm³/mol. The first-order valence-corrected chi connectivity index (χ1v) is 5.66. The third kappa shape index (κ3) is 2.05. The molecule has 0 aliphatic heterocycles. The Morgan fingerprint density at radius 1 is 1.44 bits per heavy atom. The average Bonchev–Trinajstić information content (AvgIpc) is 2.80. The van der Waals surface area contributed by atoms with Gasteiger partial charge in [-0.15, -0.1) is 16.7 Å². The molecule has 2 aromatic rings. The summed E-state index contributed by atoms with van der Waals surface area (Å²) in [5.74, 6) is 0.359. The van der Waals surface area contributed by atoms with Gasteiger partial charge in [0, 0.05) is 7.05 Å². The molecular weight excluding hydrogens is 249 g/mol. The zero-order valence-electron chi connectivity index (χ0n) is 8.98. The Morgan fingerprint density at radius 3 is 2.69 bits per heavy atom. The lowest BCUT2D eigenvalue weighted by molar-refractivity contribution is 0.599. The number of rotatable bonds is 3. The molecule has 0 fully saturated rings. The Balaban J connectivity index is 2.26. The highest BCUT2D eigenvalue weighted by Crippen LogP contribution is 2.19. The van der Waals surface area contributed by atoms with E-state index in [1.807, 2.05) is 14.0 Å². The molecule has 0 saturated heterocycles. The fourth-order valence-electron chi connectivity index (χ4n) is 1.48. The summed E-state index contributed by atoms with van der Waals surface area (Å²) in [4.78, 5) is 0. The Kier molecular flexibility index (Phi) is 3.16. The zero-order chi connectivity index (χ0) is 11.7. The molecule has 2 rings (SSSR count). The lowest BCUT2D eigenvalue weighted by atomic mass is 10.3. The molecule has 0 spiro atoms. The molecule has 7 heteroatoms. The molecule has 0 bridgehead atoms. The van der Waals surface area contributed by atoms with Gasteiger partial charge < -0.3 is 0 Å². The fourth-order valence-corrected chi connectivity index (χ4v) is 1.82. The summed E-state index contributed by atoms with van der Waals surface area (Å²) < 4.78 is 3.44. The molecule has 16 heavy (non-hydrogen) atoms. The van der Waals surface area contributed by atoms with Crippen molar-refractivity contribution in [3.05, 3.63) is 28.3 Å². The number of nitrogens with zero attached hydrogens (tertiary/aromatic N) is 5. The minimum absolute atomic E-state index is 0.359. The fraction of sp³-hybridized carbons (Fsp3) is 0.444. The molecule has 0 radical (unpaired) electrons. The van der Waals surface area contributed by atoms with E-state index in [1.165, 1.54) is 0 Å². The molecule has 0 unspecified atom stereocenters. The van der Waals surface area contributed by atoms with E-state index in [1.54, 1.807) is 15.6 Å². The molecule has 0 aromatic carbocycles. The average molecular weight is 260 g/mol. The molecular formula is C9H11Cl2N5. The van der Waals surface area contributed by atoms with Gasteiger partial charge in [0.1, 0.15) is 0 Å². The van der Waals surface area contributed by atoms with Crippen molar-refractivity contribution in [1.82, 2.24) is 24.8 Å². The topological polar surface area (TPSA) is 48.5 Å². The third-order valence-electron chi connectivity index (χ3n) is 2.30. The highest BCUT2D eigenvalue weighted by atomic mass is 35.5. The Hall–Kier alpha value is -1.07. The van der Waals surface area contributed by atoms with Crippen LogP contribution >= 0.6 is 23.2 Å². The van der Waals surface area contributed by atoms with Gasteiger partial charge in [-0.25, -0.2) is 4.68 Å². The van der Waals surface area contributed by atoms with E-state index in [2.05, 4.69) is 15.4 Å². The summed E-state index contributed by atoms with van der Waals surface area (Å²) in [6.07, 6.45) is 1.80. The number of aryl methyl sites for hydroxylation is 2. The number of alkyl halides is 1. The quantitative estimate of drug-likeness (QED) is 0.790. The smallest absolute Gasteiger partial charge is 0.0974 e. The van der Waals surface area contributed by atoms with Gasteiger partial charge >= 0.3 is 0 Å². The second-order valence-electron chi connectivity index (χ2n) is 3.51. The molecule has 5 nitrogen and oxygen atoms in total. The molecule has 2 heterocycles. The van der Waals surface area contributed by atoms with Crippen LogP contribution in [0.3, 0.4) is 0 Å². The number of hydrogen-bond acceptors (Lipinski definition) is 3. The van der Waals surface area contributed by atoms with Crippen molar-refractivity contribution in [2.24, 2.45) is 7.05 Å². The SMILES string of the molecule is Cc1nn(C)c(Cn2cc(CCl)nn2)c1Cl. The van der Waals surface area contributed by atoms with Crippen molar-refractivity contribution in [3.63, 3.8) is 0 Å². The standard InChI is InChI=1S/C9H11Cl2N5/c1-6-9(11)8(15(2)13-6)5-16-4-7(3-10)12-14-16/h4H,3,5H2,1-2H3. The molecule has 0 aliphatic rings. The normalized spacial score (nSPS) is 11.0. The van der Waals surface area contributed by atoms with Gasteiger partial charge in [-0.05, 0) is 6.92 Å². The van der Waals surface area contributed by atoms with Gasteiger partial charge in [0.05, 0.1) is 40.7 Å². The minimum Gasteiger partial charge on any atom is -0.269 e. The van der Waals surface area contributed by atoms with E-state index in [0.717, 1.165) is 17.1 Å². The van der Waals surface area contributed by atoms with Crippen LogP contribution in [0.5, 0.6) is 0 Å². The van der Waals surface area contributed by atoms with Gasteiger partial charge in [-0.2, -0.15) is 5.10 Å². The van der Waals surface area contributed by atoms with E-state index in [9.17, 15) is 0 Å². The maximum Gasteiger partial charge on any atom is 0.0974 e. The summed E-state index contributed by atoms with van der Waals surface area (Å²) in [5, 5.41) is 12.8. The second-order valence-corrected chi connectivity index (χ2v) is 4.16. The van der Waals surface area contributed by atoms with E-state index in [-0.39, 0.29) is 0 Å². The molecule has 0 aliphatic carbocycles. The van der Waals surface area contributed by atoms with Crippen LogP contribution in [0.4, 0.5) is 0 Å². The van der Waals surface area contributed by atoms with Crippen molar-refractivity contribution in [3.8, 4) is 0 Å². The molecule has 0 atom stereocenters. The molecule has 0 amide bonds. The van der Waals surface area contributed by atoms with Crippen LogP contribution in [0.1, 0.15) is 17.1 Å². The van der Waals surface area contributed by atoms with Crippen molar-refractivity contribution in [2.45, 2.75) is 19.3 Å². The maximum absolute atomic E-state index is 6.13. The Morgan fingerprint density at radius 2 is 2.19 bits per heavy atom. The van der Waals surface area contributed by atoms with E-state index in [4.69, 9.17) is 23.2 Å². The van der Waals surface area contributed by atoms with Crippen LogP contribution < -0.4 is 0 Å². The maximum atomic E-state index is 6.13. The van der Waals surface area contributed by atoms with Crippen LogP contribution in [0.25, 0.3) is 0 Å². The first-order valence-electron chi connectivity index (χ1n) is 4.74. The van der Waals surface area contributed by atoms with Crippen molar-refractivity contribution < 1.29 is 0 Å². The summed E-state index contributed by atoms with van der Waals surface area (Å²) in [5.41, 5.74) is 2.47. The lowest BCUT2D eigenvalue weighted by Crippen LogP contribution is -2.06. The van der Waals surface area contributed by atoms with E-state index >= 15 is 0 Å². The van der Waals surface area contributed by atoms with E-state index in [0.29, 0.717) is 17.4 Å². The molecule has 86 valence electrons. The second kappa shape index (κ2) is 4.43. The van der Waals surface area contributed by atoms with Crippen LogP contribution in [0.15, 0.2) is 6.20 Å². The Bertz CT molecular complexity index is 502. The summed E-state index contributed by atoms with van der Waals surface area (Å²) in [6.45, 7) is 2.41. The van der Waals surface area contributed by atoms with Crippen molar-refractivity contribution in [2.75, 3.05) is 0 Å². The van der Waals surface area contributed by atoms with Gasteiger partial charge in [0.25, 0.3) is 0 Å². The summed E-state index contributed by atoms with van der Waals surface area (Å²) in [6, 6.07) is 0. The van der Waals surface area contributed by atoms with Gasteiger partial charge in [0.15, 0.2) is 0 Å². The van der Waals surface area contributed by atoms with E-state index < -0.39 is 0 Å². The number of halogens is 2.